The number of hydrogen-bond acceptors (Lipinski definition) is 2. The minimum absolute atomic E-state index is 0.0230. The molecule has 17 heavy (non-hydrogen) atoms. The zero-order valence-corrected chi connectivity index (χ0v) is 11.7. The predicted molar refractivity (Wildman–Crippen MR) is 66.7 cm³/mol. The van der Waals surface area contributed by atoms with Crippen molar-refractivity contribution in [2.45, 2.75) is 65.0 Å². The van der Waals surface area contributed by atoms with E-state index in [1.807, 2.05) is 27.7 Å². The van der Waals surface area contributed by atoms with Gasteiger partial charge in [-0.05, 0) is 40.5 Å². The fourth-order valence-corrected chi connectivity index (χ4v) is 2.68. The third-order valence-corrected chi connectivity index (χ3v) is 3.78. The number of hydrogen-bond donors (Lipinski definition) is 1. The Bertz CT molecular complexity index is 287. The number of hydroxylamine groups is 2. The summed E-state index contributed by atoms with van der Waals surface area (Å²) in [6, 6.07) is 0. The first-order valence-electron chi connectivity index (χ1n) is 6.48. The molecule has 1 unspecified atom stereocenters. The molecule has 1 atom stereocenters. The van der Waals surface area contributed by atoms with E-state index in [0.29, 0.717) is 13.0 Å². The number of nitrogens with one attached hydrogen (secondary N) is 1. The molecule has 0 bridgehead atoms. The molecular weight excluding hydrogens is 216 g/mol. The second-order valence-electron chi connectivity index (χ2n) is 6.16. The first kappa shape index (κ1) is 14.5. The average Bonchev–Trinajstić information content (AvgIpc) is 2.39. The summed E-state index contributed by atoms with van der Waals surface area (Å²) in [4.78, 5) is 12.1. The Morgan fingerprint density at radius 2 is 1.94 bits per heavy atom. The van der Waals surface area contributed by atoms with Gasteiger partial charge in [0.1, 0.15) is 0 Å². The van der Waals surface area contributed by atoms with Crippen LogP contribution in [0.4, 0.5) is 0 Å². The first-order chi connectivity index (χ1) is 7.73. The Hall–Kier alpha value is -0.610. The zero-order chi connectivity index (χ0) is 13.3. The summed E-state index contributed by atoms with van der Waals surface area (Å²) in [5.74, 6) is -0.193. The average molecular weight is 241 g/mol. The van der Waals surface area contributed by atoms with Gasteiger partial charge in [0.2, 0.25) is 5.91 Å². The van der Waals surface area contributed by atoms with Crippen LogP contribution in [0.2, 0.25) is 0 Å². The van der Waals surface area contributed by atoms with E-state index in [1.165, 1.54) is 0 Å². The molecule has 4 heteroatoms. The highest BCUT2D eigenvalue weighted by Gasteiger charge is 2.54. The molecule has 1 radical (unpaired) electrons. The topological polar surface area (TPSA) is 52.2 Å². The minimum Gasteiger partial charge on any atom is -0.356 e. The van der Waals surface area contributed by atoms with E-state index in [2.05, 4.69) is 12.2 Å². The first-order valence-corrected chi connectivity index (χ1v) is 6.48. The lowest BCUT2D eigenvalue weighted by atomic mass is 9.86. The number of nitrogens with zero attached hydrogens (tertiary/aromatic N) is 1. The molecule has 0 spiro atoms. The third-order valence-electron chi connectivity index (χ3n) is 3.78. The standard InChI is InChI=1S/C13H25N2O2/c1-6-7-8-14-11(16)10-9-12(2,3)15(17)13(10,4)5/h10H,6-9H2,1-5H3,(H,14,16). The Balaban J connectivity index is 2.68. The molecule has 1 N–H and O–H groups in total. The van der Waals surface area contributed by atoms with Gasteiger partial charge in [0.15, 0.2) is 0 Å². The quantitative estimate of drug-likeness (QED) is 0.767. The molecule has 0 aromatic heterocycles. The largest absolute Gasteiger partial charge is 0.356 e. The highest BCUT2D eigenvalue weighted by atomic mass is 16.5. The summed E-state index contributed by atoms with van der Waals surface area (Å²) < 4.78 is 0. The van der Waals surface area contributed by atoms with Gasteiger partial charge in [-0.25, -0.2) is 0 Å². The van der Waals surface area contributed by atoms with E-state index in [4.69, 9.17) is 0 Å². The van der Waals surface area contributed by atoms with E-state index < -0.39 is 11.1 Å². The van der Waals surface area contributed by atoms with Crippen LogP contribution in [-0.4, -0.2) is 28.6 Å². The van der Waals surface area contributed by atoms with Crippen LogP contribution >= 0.6 is 0 Å². The minimum atomic E-state index is -0.611. The number of carbonyl (C=O) groups excluding carboxylic acids is 1. The molecule has 0 aromatic carbocycles. The van der Waals surface area contributed by atoms with Crippen molar-refractivity contribution in [3.8, 4) is 0 Å². The lowest BCUT2D eigenvalue weighted by Crippen LogP contribution is -2.49. The van der Waals surface area contributed by atoms with Crippen LogP contribution in [-0.2, 0) is 10.0 Å². The SMILES string of the molecule is CCCCNC(=O)C1CC(C)(C)N([O])C1(C)C. The second kappa shape index (κ2) is 4.94. The summed E-state index contributed by atoms with van der Waals surface area (Å²) in [5.41, 5.74) is -1.06. The van der Waals surface area contributed by atoms with Gasteiger partial charge in [-0.2, -0.15) is 0 Å². The number of rotatable bonds is 4. The molecule has 0 aromatic rings. The summed E-state index contributed by atoms with van der Waals surface area (Å²) in [6.45, 7) is 10.3. The Morgan fingerprint density at radius 1 is 1.35 bits per heavy atom. The van der Waals surface area contributed by atoms with Gasteiger partial charge >= 0.3 is 0 Å². The fraction of sp³-hybridized carbons (Fsp3) is 0.923. The van der Waals surface area contributed by atoms with E-state index in [0.717, 1.165) is 17.9 Å². The van der Waals surface area contributed by atoms with Gasteiger partial charge in [-0.3, -0.25) is 4.79 Å². The Kier molecular flexibility index (Phi) is 4.20. The molecule has 1 rings (SSSR count). The maximum absolute atomic E-state index is 12.1. The van der Waals surface area contributed by atoms with E-state index in [9.17, 15) is 10.0 Å². The van der Waals surface area contributed by atoms with Crippen LogP contribution < -0.4 is 5.32 Å². The van der Waals surface area contributed by atoms with Gasteiger partial charge in [0.05, 0.1) is 11.5 Å². The fourth-order valence-electron chi connectivity index (χ4n) is 2.68. The maximum atomic E-state index is 12.1. The van der Waals surface area contributed by atoms with Crippen molar-refractivity contribution < 1.29 is 10.0 Å². The molecule has 0 saturated carbocycles. The van der Waals surface area contributed by atoms with E-state index in [1.54, 1.807) is 0 Å². The maximum Gasteiger partial charge on any atom is 0.225 e. The molecule has 4 nitrogen and oxygen atoms in total. The van der Waals surface area contributed by atoms with Crippen molar-refractivity contribution in [1.29, 1.82) is 0 Å². The van der Waals surface area contributed by atoms with Crippen molar-refractivity contribution in [2.75, 3.05) is 6.54 Å². The highest BCUT2D eigenvalue weighted by Crippen LogP contribution is 2.43. The van der Waals surface area contributed by atoms with Crippen LogP contribution in [0.1, 0.15) is 53.9 Å². The van der Waals surface area contributed by atoms with Crippen molar-refractivity contribution in [3.63, 3.8) is 0 Å². The van der Waals surface area contributed by atoms with Crippen molar-refractivity contribution >= 4 is 5.91 Å². The molecule has 99 valence electrons. The second-order valence-corrected chi connectivity index (χ2v) is 6.16. The van der Waals surface area contributed by atoms with Gasteiger partial charge in [-0.1, -0.05) is 13.3 Å². The van der Waals surface area contributed by atoms with Crippen molar-refractivity contribution in [1.82, 2.24) is 10.4 Å². The molecule has 1 saturated heterocycles. The van der Waals surface area contributed by atoms with Gasteiger partial charge in [-0.15, -0.1) is 10.3 Å². The summed E-state index contributed by atoms with van der Waals surface area (Å²) in [7, 11) is 0. The third kappa shape index (κ3) is 2.80. The summed E-state index contributed by atoms with van der Waals surface area (Å²) >= 11 is 0. The van der Waals surface area contributed by atoms with Crippen molar-refractivity contribution in [2.24, 2.45) is 5.92 Å². The van der Waals surface area contributed by atoms with Gasteiger partial charge < -0.3 is 5.32 Å². The molecule has 1 amide bonds. The molecule has 0 aliphatic carbocycles. The monoisotopic (exact) mass is 241 g/mol. The van der Waals surface area contributed by atoms with E-state index in [-0.39, 0.29) is 11.8 Å². The lowest BCUT2D eigenvalue weighted by Gasteiger charge is -2.33. The van der Waals surface area contributed by atoms with Crippen molar-refractivity contribution in [3.05, 3.63) is 0 Å². The van der Waals surface area contributed by atoms with Crippen LogP contribution in [0.5, 0.6) is 0 Å². The molecule has 1 aliphatic rings. The van der Waals surface area contributed by atoms with Crippen LogP contribution in [0.25, 0.3) is 0 Å². The van der Waals surface area contributed by atoms with Crippen LogP contribution in [0.15, 0.2) is 0 Å². The Labute approximate surface area is 104 Å². The lowest BCUT2D eigenvalue weighted by molar-refractivity contribution is -0.247. The van der Waals surface area contributed by atoms with Gasteiger partial charge in [0.25, 0.3) is 0 Å². The number of unbranched alkanes of at least 4 members (excludes halogenated alkanes) is 1. The molecule has 1 heterocycles. The number of carbonyl (C=O) groups is 1. The Morgan fingerprint density at radius 3 is 2.35 bits per heavy atom. The smallest absolute Gasteiger partial charge is 0.225 e. The van der Waals surface area contributed by atoms with Gasteiger partial charge in [0, 0.05) is 12.1 Å². The summed E-state index contributed by atoms with van der Waals surface area (Å²) in [6.07, 6.45) is 2.68. The highest BCUT2D eigenvalue weighted by molar-refractivity contribution is 5.80. The molecule has 1 aliphatic heterocycles. The number of amides is 1. The zero-order valence-electron chi connectivity index (χ0n) is 11.7. The summed E-state index contributed by atoms with van der Waals surface area (Å²) in [5, 5.41) is 16.2. The van der Waals surface area contributed by atoms with E-state index >= 15 is 0 Å². The normalized spacial score (nSPS) is 27.1. The van der Waals surface area contributed by atoms with Crippen LogP contribution in [0.3, 0.4) is 0 Å². The molecular formula is C13H25N2O2. The predicted octanol–water partition coefficient (Wildman–Crippen LogP) is 2.13. The molecule has 1 fully saturated rings. The van der Waals surface area contributed by atoms with Crippen LogP contribution in [0, 0.1) is 5.92 Å².